The molecule has 0 unspecified atom stereocenters. The van der Waals surface area contributed by atoms with Gasteiger partial charge in [-0.3, -0.25) is 0 Å². The Bertz CT molecular complexity index is 469. The van der Waals surface area contributed by atoms with Crippen LogP contribution in [-0.2, 0) is 5.41 Å². The summed E-state index contributed by atoms with van der Waals surface area (Å²) < 4.78 is 1.26. The molecule has 0 fully saturated rings. The monoisotopic (exact) mass is 201 g/mol. The van der Waals surface area contributed by atoms with Gasteiger partial charge in [-0.2, -0.15) is 5.26 Å². The van der Waals surface area contributed by atoms with Crippen LogP contribution in [-0.4, -0.2) is 0 Å². The predicted molar refractivity (Wildman–Crippen MR) is 60.5 cm³/mol. The highest BCUT2D eigenvalue weighted by molar-refractivity contribution is 7.19. The maximum atomic E-state index is 9.03. The molecule has 0 radical (unpaired) electrons. The number of benzene rings is 1. The van der Waals surface area contributed by atoms with Gasteiger partial charge in [0.1, 0.15) is 0 Å². The number of hydrogen-bond acceptors (Lipinski definition) is 2. The molecule has 0 aliphatic rings. The van der Waals surface area contributed by atoms with Crippen LogP contribution in [0, 0.1) is 11.3 Å². The van der Waals surface area contributed by atoms with Crippen LogP contribution in [0.4, 0.5) is 0 Å². The van der Waals surface area contributed by atoms with Crippen molar-refractivity contribution < 1.29 is 0 Å². The van der Waals surface area contributed by atoms with Crippen LogP contribution in [0.5, 0.6) is 0 Å². The van der Waals surface area contributed by atoms with Gasteiger partial charge in [-0.15, -0.1) is 11.3 Å². The second kappa shape index (κ2) is 3.11. The second-order valence-corrected chi connectivity index (χ2v) is 4.97. The summed E-state index contributed by atoms with van der Waals surface area (Å²) >= 11 is 1.71. The fraction of sp³-hybridized carbons (Fsp3) is 0.250. The average molecular weight is 201 g/mol. The van der Waals surface area contributed by atoms with Crippen LogP contribution >= 0.6 is 11.3 Å². The molecule has 1 nitrogen and oxygen atoms in total. The summed E-state index contributed by atoms with van der Waals surface area (Å²) in [6.07, 6.45) is 0. The van der Waals surface area contributed by atoms with Crippen molar-refractivity contribution in [3.63, 3.8) is 0 Å². The molecule has 0 aliphatic heterocycles. The van der Waals surface area contributed by atoms with Crippen molar-refractivity contribution in [3.05, 3.63) is 35.2 Å². The normalized spacial score (nSPS) is 11.5. The Hall–Kier alpha value is -1.33. The van der Waals surface area contributed by atoms with E-state index in [1.165, 1.54) is 10.1 Å². The molecule has 2 rings (SSSR count). The molecule has 70 valence electrons. The van der Waals surface area contributed by atoms with Crippen LogP contribution in [0.15, 0.2) is 30.3 Å². The van der Waals surface area contributed by atoms with E-state index in [2.05, 4.69) is 24.3 Å². The zero-order chi connectivity index (χ0) is 10.2. The Morgan fingerprint density at radius 2 is 2.00 bits per heavy atom. The van der Waals surface area contributed by atoms with E-state index < -0.39 is 0 Å². The fourth-order valence-electron chi connectivity index (χ4n) is 1.34. The van der Waals surface area contributed by atoms with Crippen LogP contribution in [0.1, 0.15) is 18.7 Å². The molecule has 14 heavy (non-hydrogen) atoms. The summed E-state index contributed by atoms with van der Waals surface area (Å²) in [4.78, 5) is 1.14. The average Bonchev–Trinajstić information content (AvgIpc) is 2.61. The molecule has 0 amide bonds. The van der Waals surface area contributed by atoms with Crippen molar-refractivity contribution >= 4 is 21.4 Å². The molecule has 2 heteroatoms. The minimum atomic E-state index is -0.371. The topological polar surface area (TPSA) is 23.8 Å². The molecule has 0 saturated carbocycles. The van der Waals surface area contributed by atoms with Gasteiger partial charge in [-0.05, 0) is 31.4 Å². The molecule has 0 saturated heterocycles. The van der Waals surface area contributed by atoms with E-state index in [0.717, 1.165) is 4.88 Å². The van der Waals surface area contributed by atoms with Crippen molar-refractivity contribution in [2.45, 2.75) is 19.3 Å². The zero-order valence-electron chi connectivity index (χ0n) is 8.24. The van der Waals surface area contributed by atoms with Crippen molar-refractivity contribution in [3.8, 4) is 6.07 Å². The molecular weight excluding hydrogens is 190 g/mol. The lowest BCUT2D eigenvalue weighted by molar-refractivity contribution is 0.704. The summed E-state index contributed by atoms with van der Waals surface area (Å²) in [5.41, 5.74) is -0.371. The maximum absolute atomic E-state index is 9.03. The Morgan fingerprint density at radius 1 is 1.29 bits per heavy atom. The minimum absolute atomic E-state index is 0.371. The predicted octanol–water partition coefficient (Wildman–Crippen LogP) is 3.70. The molecule has 1 aromatic carbocycles. The quantitative estimate of drug-likeness (QED) is 0.690. The van der Waals surface area contributed by atoms with E-state index >= 15 is 0 Å². The van der Waals surface area contributed by atoms with E-state index in [-0.39, 0.29) is 5.41 Å². The highest BCUT2D eigenvalue weighted by atomic mass is 32.1. The van der Waals surface area contributed by atoms with Crippen molar-refractivity contribution in [1.82, 2.24) is 0 Å². The van der Waals surface area contributed by atoms with Crippen molar-refractivity contribution in [2.75, 3.05) is 0 Å². The molecule has 0 spiro atoms. The molecular formula is C12H11NS. The Balaban J connectivity index is 2.62. The fourth-order valence-corrected chi connectivity index (χ4v) is 2.46. The molecule has 0 aliphatic carbocycles. The van der Waals surface area contributed by atoms with Gasteiger partial charge in [-0.1, -0.05) is 18.2 Å². The summed E-state index contributed by atoms with van der Waals surface area (Å²) in [5.74, 6) is 0. The first kappa shape index (κ1) is 9.23. The number of hydrogen-bond donors (Lipinski definition) is 0. The minimum Gasteiger partial charge on any atom is -0.197 e. The van der Waals surface area contributed by atoms with E-state index in [4.69, 9.17) is 5.26 Å². The van der Waals surface area contributed by atoms with Gasteiger partial charge in [0.15, 0.2) is 0 Å². The van der Waals surface area contributed by atoms with E-state index in [9.17, 15) is 0 Å². The van der Waals surface area contributed by atoms with Crippen LogP contribution in [0.25, 0.3) is 10.1 Å². The summed E-state index contributed by atoms with van der Waals surface area (Å²) in [6, 6.07) is 12.7. The largest absolute Gasteiger partial charge is 0.197 e. The third kappa shape index (κ3) is 1.40. The summed E-state index contributed by atoms with van der Waals surface area (Å²) in [5, 5.41) is 10.3. The summed E-state index contributed by atoms with van der Waals surface area (Å²) in [6.45, 7) is 3.91. The number of thiophene rings is 1. The third-order valence-electron chi connectivity index (χ3n) is 2.32. The molecule has 0 atom stereocenters. The number of nitrogens with zero attached hydrogens (tertiary/aromatic N) is 1. The number of fused-ring (bicyclic) bond motifs is 1. The molecule has 2 aromatic rings. The van der Waals surface area contributed by atoms with Gasteiger partial charge < -0.3 is 0 Å². The van der Waals surface area contributed by atoms with Crippen LogP contribution in [0.3, 0.4) is 0 Å². The van der Waals surface area contributed by atoms with Gasteiger partial charge in [0.25, 0.3) is 0 Å². The maximum Gasteiger partial charge on any atom is 0.0859 e. The second-order valence-electron chi connectivity index (χ2n) is 3.89. The molecule has 1 aromatic heterocycles. The van der Waals surface area contributed by atoms with Crippen LogP contribution in [0.2, 0.25) is 0 Å². The lowest BCUT2D eigenvalue weighted by Gasteiger charge is -2.11. The van der Waals surface area contributed by atoms with E-state index in [0.29, 0.717) is 0 Å². The van der Waals surface area contributed by atoms with E-state index in [1.807, 2.05) is 26.0 Å². The van der Waals surface area contributed by atoms with Gasteiger partial charge in [0, 0.05) is 9.58 Å². The van der Waals surface area contributed by atoms with Crippen molar-refractivity contribution in [1.29, 1.82) is 5.26 Å². The number of nitriles is 1. The van der Waals surface area contributed by atoms with Gasteiger partial charge >= 0.3 is 0 Å². The van der Waals surface area contributed by atoms with Gasteiger partial charge in [0.05, 0.1) is 11.5 Å². The molecule has 0 bridgehead atoms. The Morgan fingerprint density at radius 3 is 2.64 bits per heavy atom. The first-order valence-corrected chi connectivity index (χ1v) is 5.35. The lowest BCUT2D eigenvalue weighted by atomic mass is 9.93. The highest BCUT2D eigenvalue weighted by Gasteiger charge is 2.21. The van der Waals surface area contributed by atoms with E-state index in [1.54, 1.807) is 11.3 Å². The first-order chi connectivity index (χ1) is 6.63. The standard InChI is InChI=1S/C12H11NS/c1-12(2,8-13)11-7-9-5-3-4-6-10(9)14-11/h3-7H,1-2H3. The third-order valence-corrected chi connectivity index (χ3v) is 3.76. The number of rotatable bonds is 1. The first-order valence-electron chi connectivity index (χ1n) is 4.54. The Labute approximate surface area is 87.6 Å². The lowest BCUT2D eigenvalue weighted by Crippen LogP contribution is -2.10. The Kier molecular flexibility index (Phi) is 2.05. The molecule has 1 heterocycles. The van der Waals surface area contributed by atoms with Crippen molar-refractivity contribution in [2.24, 2.45) is 0 Å². The highest BCUT2D eigenvalue weighted by Crippen LogP contribution is 2.33. The zero-order valence-corrected chi connectivity index (χ0v) is 9.06. The van der Waals surface area contributed by atoms with Crippen LogP contribution < -0.4 is 0 Å². The van der Waals surface area contributed by atoms with Gasteiger partial charge in [-0.25, -0.2) is 0 Å². The summed E-state index contributed by atoms with van der Waals surface area (Å²) in [7, 11) is 0. The molecule has 0 N–H and O–H groups in total. The van der Waals surface area contributed by atoms with Gasteiger partial charge in [0.2, 0.25) is 0 Å². The SMILES string of the molecule is CC(C)(C#N)c1cc2ccccc2s1. The smallest absolute Gasteiger partial charge is 0.0859 e.